The number of rotatable bonds is 6. The third kappa shape index (κ3) is 4.79. The molecule has 0 aliphatic carbocycles. The van der Waals surface area contributed by atoms with Crippen LogP contribution in [0, 0.1) is 0 Å². The van der Waals surface area contributed by atoms with E-state index in [-0.39, 0.29) is 5.91 Å². The molecule has 3 aromatic carbocycles. The van der Waals surface area contributed by atoms with Crippen LogP contribution in [0.5, 0.6) is 5.75 Å². The summed E-state index contributed by atoms with van der Waals surface area (Å²) in [4.78, 5) is 17.0. The summed E-state index contributed by atoms with van der Waals surface area (Å²) in [6, 6.07) is 22.0. The van der Waals surface area contributed by atoms with Crippen LogP contribution in [0.25, 0.3) is 11.3 Å². The van der Waals surface area contributed by atoms with Crippen molar-refractivity contribution >= 4 is 45.4 Å². The monoisotopic (exact) mass is 435 g/mol. The Labute approximate surface area is 183 Å². The predicted octanol–water partition coefficient (Wildman–Crippen LogP) is 6.47. The molecule has 1 heterocycles. The Kier molecular flexibility index (Phi) is 5.97. The maximum Gasteiger partial charge on any atom is 0.255 e. The number of halogens is 1. The van der Waals surface area contributed by atoms with E-state index in [2.05, 4.69) is 15.6 Å². The normalized spacial score (nSPS) is 10.5. The van der Waals surface area contributed by atoms with Gasteiger partial charge in [0.25, 0.3) is 5.91 Å². The van der Waals surface area contributed by atoms with Crippen molar-refractivity contribution in [3.8, 4) is 17.0 Å². The number of benzene rings is 3. The molecular weight excluding hydrogens is 418 g/mol. The number of methoxy groups -OCH3 is 1. The number of ether oxygens (including phenoxy) is 1. The van der Waals surface area contributed by atoms with E-state index < -0.39 is 0 Å². The average molecular weight is 436 g/mol. The van der Waals surface area contributed by atoms with Crippen molar-refractivity contribution in [2.24, 2.45) is 0 Å². The van der Waals surface area contributed by atoms with E-state index in [1.165, 1.54) is 11.3 Å². The van der Waals surface area contributed by atoms with Crippen molar-refractivity contribution in [3.63, 3.8) is 0 Å². The molecule has 2 N–H and O–H groups in total. The summed E-state index contributed by atoms with van der Waals surface area (Å²) in [5.74, 6) is 0.603. The van der Waals surface area contributed by atoms with Crippen molar-refractivity contribution in [3.05, 3.63) is 88.8 Å². The molecule has 5 nitrogen and oxygen atoms in total. The van der Waals surface area contributed by atoms with Crippen molar-refractivity contribution in [1.29, 1.82) is 0 Å². The molecule has 30 heavy (non-hydrogen) atoms. The van der Waals surface area contributed by atoms with Crippen molar-refractivity contribution in [2.75, 3.05) is 17.7 Å². The number of carbonyl (C=O) groups is 1. The lowest BCUT2D eigenvalue weighted by atomic mass is 10.1. The van der Waals surface area contributed by atoms with Gasteiger partial charge in [-0.1, -0.05) is 29.8 Å². The molecule has 0 saturated heterocycles. The quantitative estimate of drug-likeness (QED) is 0.364. The molecule has 150 valence electrons. The second kappa shape index (κ2) is 8.98. The second-order valence-electron chi connectivity index (χ2n) is 6.43. The Morgan fingerprint density at radius 2 is 1.77 bits per heavy atom. The number of nitrogens with one attached hydrogen (secondary N) is 2. The summed E-state index contributed by atoms with van der Waals surface area (Å²) in [6.07, 6.45) is 0. The molecule has 0 fully saturated rings. The Morgan fingerprint density at radius 1 is 1.00 bits per heavy atom. The van der Waals surface area contributed by atoms with E-state index in [4.69, 9.17) is 16.3 Å². The van der Waals surface area contributed by atoms with Crippen LogP contribution in [0.4, 0.5) is 16.5 Å². The number of amides is 1. The van der Waals surface area contributed by atoms with Crippen LogP contribution in [0.15, 0.2) is 78.2 Å². The third-order valence-electron chi connectivity index (χ3n) is 4.37. The van der Waals surface area contributed by atoms with Gasteiger partial charge in [-0.3, -0.25) is 4.79 Å². The van der Waals surface area contributed by atoms with E-state index in [0.29, 0.717) is 16.3 Å². The molecule has 0 bridgehead atoms. The fraction of sp³-hybridized carbons (Fsp3) is 0.0435. The summed E-state index contributed by atoms with van der Waals surface area (Å²) in [6.45, 7) is 0. The molecule has 0 unspecified atom stereocenters. The molecule has 4 rings (SSSR count). The van der Waals surface area contributed by atoms with Gasteiger partial charge in [0.1, 0.15) is 5.75 Å². The fourth-order valence-corrected chi connectivity index (χ4v) is 3.68. The van der Waals surface area contributed by atoms with Gasteiger partial charge in [-0.2, -0.15) is 0 Å². The second-order valence-corrected chi connectivity index (χ2v) is 7.73. The van der Waals surface area contributed by atoms with Gasteiger partial charge < -0.3 is 15.4 Å². The zero-order chi connectivity index (χ0) is 20.9. The molecule has 0 saturated carbocycles. The van der Waals surface area contributed by atoms with E-state index in [1.807, 2.05) is 53.9 Å². The lowest BCUT2D eigenvalue weighted by molar-refractivity contribution is 0.102. The summed E-state index contributed by atoms with van der Waals surface area (Å²) < 4.78 is 5.25. The Balaban J connectivity index is 1.43. The first-order chi connectivity index (χ1) is 14.6. The Hall–Kier alpha value is -3.35. The van der Waals surface area contributed by atoms with Gasteiger partial charge in [-0.05, 0) is 48.5 Å². The minimum atomic E-state index is -0.183. The minimum absolute atomic E-state index is 0.183. The van der Waals surface area contributed by atoms with Gasteiger partial charge in [0.05, 0.1) is 12.8 Å². The highest BCUT2D eigenvalue weighted by Gasteiger charge is 2.08. The van der Waals surface area contributed by atoms with Crippen LogP contribution in [0.1, 0.15) is 10.4 Å². The van der Waals surface area contributed by atoms with Crippen LogP contribution in [0.3, 0.4) is 0 Å². The number of thiazole rings is 1. The van der Waals surface area contributed by atoms with Crippen molar-refractivity contribution in [1.82, 2.24) is 4.98 Å². The highest BCUT2D eigenvalue weighted by Crippen LogP contribution is 2.29. The van der Waals surface area contributed by atoms with E-state index in [9.17, 15) is 4.79 Å². The van der Waals surface area contributed by atoms with Crippen LogP contribution in [-0.4, -0.2) is 18.0 Å². The number of carbonyl (C=O) groups excluding carboxylic acids is 1. The highest BCUT2D eigenvalue weighted by molar-refractivity contribution is 7.14. The smallest absolute Gasteiger partial charge is 0.255 e. The first kappa shape index (κ1) is 19.9. The van der Waals surface area contributed by atoms with Gasteiger partial charge >= 0.3 is 0 Å². The molecule has 0 radical (unpaired) electrons. The van der Waals surface area contributed by atoms with Crippen LogP contribution in [0.2, 0.25) is 5.02 Å². The van der Waals surface area contributed by atoms with Gasteiger partial charge in [-0.25, -0.2) is 4.98 Å². The van der Waals surface area contributed by atoms with Gasteiger partial charge in [0.2, 0.25) is 0 Å². The number of anilines is 3. The first-order valence-corrected chi connectivity index (χ1v) is 10.4. The third-order valence-corrected chi connectivity index (χ3v) is 5.38. The zero-order valence-electron chi connectivity index (χ0n) is 16.1. The van der Waals surface area contributed by atoms with Crippen molar-refractivity contribution in [2.45, 2.75) is 0 Å². The lowest BCUT2D eigenvalue weighted by Crippen LogP contribution is -2.11. The van der Waals surface area contributed by atoms with E-state index in [1.54, 1.807) is 31.4 Å². The predicted molar refractivity (Wildman–Crippen MR) is 123 cm³/mol. The lowest BCUT2D eigenvalue weighted by Gasteiger charge is -2.06. The molecule has 7 heteroatoms. The molecule has 0 aliphatic heterocycles. The Bertz CT molecular complexity index is 1160. The van der Waals surface area contributed by atoms with Crippen LogP contribution < -0.4 is 15.4 Å². The van der Waals surface area contributed by atoms with Crippen LogP contribution in [-0.2, 0) is 0 Å². The minimum Gasteiger partial charge on any atom is -0.497 e. The molecule has 1 aromatic heterocycles. The average Bonchev–Trinajstić information content (AvgIpc) is 3.23. The Morgan fingerprint density at radius 3 is 2.50 bits per heavy atom. The van der Waals surface area contributed by atoms with Gasteiger partial charge in [-0.15, -0.1) is 11.3 Å². The summed E-state index contributed by atoms with van der Waals surface area (Å²) in [7, 11) is 1.64. The molecule has 0 aliphatic rings. The maximum atomic E-state index is 12.3. The SMILES string of the molecule is COc1cccc(Nc2nc(-c3ccc(NC(=O)c4ccc(Cl)cc4)cc3)cs2)c1. The first-order valence-electron chi connectivity index (χ1n) is 9.15. The maximum absolute atomic E-state index is 12.3. The number of nitrogens with zero attached hydrogens (tertiary/aromatic N) is 1. The summed E-state index contributed by atoms with van der Waals surface area (Å²) >= 11 is 7.39. The number of hydrogen-bond acceptors (Lipinski definition) is 5. The highest BCUT2D eigenvalue weighted by atomic mass is 35.5. The van der Waals surface area contributed by atoms with E-state index in [0.717, 1.165) is 27.8 Å². The molecule has 0 spiro atoms. The van der Waals surface area contributed by atoms with Gasteiger partial charge in [0, 0.05) is 39.0 Å². The summed E-state index contributed by atoms with van der Waals surface area (Å²) in [5, 5.41) is 9.55. The van der Waals surface area contributed by atoms with E-state index >= 15 is 0 Å². The standard InChI is InChI=1S/C23H18ClN3O2S/c1-29-20-4-2-3-19(13-20)26-23-27-21(14-30-23)15-7-11-18(12-8-15)25-22(28)16-5-9-17(24)10-6-16/h2-14H,1H3,(H,25,28)(H,26,27). The largest absolute Gasteiger partial charge is 0.497 e. The molecular formula is C23H18ClN3O2S. The number of aromatic nitrogens is 1. The van der Waals surface area contributed by atoms with Gasteiger partial charge in [0.15, 0.2) is 5.13 Å². The summed E-state index contributed by atoms with van der Waals surface area (Å²) in [5.41, 5.74) is 4.01. The molecule has 1 amide bonds. The molecule has 0 atom stereocenters. The fourth-order valence-electron chi connectivity index (χ4n) is 2.82. The molecule has 4 aromatic rings. The zero-order valence-corrected chi connectivity index (χ0v) is 17.6. The van der Waals surface area contributed by atoms with Crippen LogP contribution >= 0.6 is 22.9 Å². The number of hydrogen-bond donors (Lipinski definition) is 2. The topological polar surface area (TPSA) is 63.2 Å². The van der Waals surface area contributed by atoms with Crippen molar-refractivity contribution < 1.29 is 9.53 Å².